The largest absolute Gasteiger partial charge is 0.372 e. The van der Waals surface area contributed by atoms with Crippen molar-refractivity contribution in [1.29, 1.82) is 0 Å². The standard InChI is InChI=1S/C18H26N2/c1-3-7-17(8-4-1)19-15-16-9-11-18(12-10-16)20-13-5-2-6-14-20/h9-12,15,17H,1-8,13-14H2. The molecule has 2 nitrogen and oxygen atoms in total. The number of aliphatic imine (C=N–C) groups is 1. The lowest BCUT2D eigenvalue weighted by molar-refractivity contribution is 0.444. The quantitative estimate of drug-likeness (QED) is 0.742. The fourth-order valence-corrected chi connectivity index (χ4v) is 3.34. The van der Waals surface area contributed by atoms with Crippen molar-refractivity contribution >= 4 is 11.9 Å². The Balaban J connectivity index is 1.59. The summed E-state index contributed by atoms with van der Waals surface area (Å²) >= 11 is 0. The molecule has 0 unspecified atom stereocenters. The molecule has 1 aliphatic heterocycles. The van der Waals surface area contributed by atoms with Gasteiger partial charge in [0.15, 0.2) is 0 Å². The van der Waals surface area contributed by atoms with Gasteiger partial charge in [-0.05, 0) is 49.8 Å². The highest BCUT2D eigenvalue weighted by Gasteiger charge is 2.11. The van der Waals surface area contributed by atoms with E-state index in [0.29, 0.717) is 6.04 Å². The highest BCUT2D eigenvalue weighted by atomic mass is 15.1. The van der Waals surface area contributed by atoms with Crippen LogP contribution in [-0.4, -0.2) is 25.3 Å². The molecule has 2 heteroatoms. The molecular formula is C18H26N2. The second-order valence-electron chi connectivity index (χ2n) is 6.21. The van der Waals surface area contributed by atoms with Gasteiger partial charge in [-0.25, -0.2) is 0 Å². The van der Waals surface area contributed by atoms with Gasteiger partial charge in [0.05, 0.1) is 0 Å². The Morgan fingerprint density at radius 2 is 1.50 bits per heavy atom. The Labute approximate surface area is 122 Å². The van der Waals surface area contributed by atoms with Crippen molar-refractivity contribution in [2.24, 2.45) is 4.99 Å². The van der Waals surface area contributed by atoms with Crippen molar-refractivity contribution < 1.29 is 0 Å². The first kappa shape index (κ1) is 13.7. The van der Waals surface area contributed by atoms with E-state index < -0.39 is 0 Å². The molecule has 0 amide bonds. The van der Waals surface area contributed by atoms with E-state index in [2.05, 4.69) is 35.4 Å². The summed E-state index contributed by atoms with van der Waals surface area (Å²) in [7, 11) is 0. The van der Waals surface area contributed by atoms with Crippen molar-refractivity contribution in [3.63, 3.8) is 0 Å². The molecule has 108 valence electrons. The number of rotatable bonds is 3. The van der Waals surface area contributed by atoms with Crippen molar-refractivity contribution in [3.05, 3.63) is 29.8 Å². The van der Waals surface area contributed by atoms with Gasteiger partial charge < -0.3 is 4.90 Å². The van der Waals surface area contributed by atoms with Crippen LogP contribution in [0.15, 0.2) is 29.3 Å². The van der Waals surface area contributed by atoms with E-state index in [4.69, 9.17) is 4.99 Å². The van der Waals surface area contributed by atoms with Gasteiger partial charge in [0.1, 0.15) is 0 Å². The molecule has 1 aliphatic carbocycles. The molecule has 1 heterocycles. The van der Waals surface area contributed by atoms with E-state index in [0.717, 1.165) is 0 Å². The highest BCUT2D eigenvalue weighted by Crippen LogP contribution is 2.21. The summed E-state index contributed by atoms with van der Waals surface area (Å²) in [5, 5.41) is 0. The third kappa shape index (κ3) is 3.62. The Morgan fingerprint density at radius 3 is 2.20 bits per heavy atom. The van der Waals surface area contributed by atoms with Crippen LogP contribution < -0.4 is 4.90 Å². The number of anilines is 1. The average Bonchev–Trinajstić information content (AvgIpc) is 2.55. The van der Waals surface area contributed by atoms with E-state index in [9.17, 15) is 0 Å². The Hall–Kier alpha value is -1.31. The summed E-state index contributed by atoms with van der Waals surface area (Å²) in [4.78, 5) is 7.26. The first-order valence-electron chi connectivity index (χ1n) is 8.30. The molecular weight excluding hydrogens is 244 g/mol. The molecule has 1 saturated carbocycles. The zero-order chi connectivity index (χ0) is 13.6. The molecule has 2 aliphatic rings. The molecule has 1 saturated heterocycles. The van der Waals surface area contributed by atoms with Crippen LogP contribution in [0.4, 0.5) is 5.69 Å². The van der Waals surface area contributed by atoms with Gasteiger partial charge in [-0.15, -0.1) is 0 Å². The summed E-state index contributed by atoms with van der Waals surface area (Å²) in [6.07, 6.45) is 12.8. The van der Waals surface area contributed by atoms with Gasteiger partial charge in [-0.2, -0.15) is 0 Å². The van der Waals surface area contributed by atoms with Crippen LogP contribution in [0.5, 0.6) is 0 Å². The van der Waals surface area contributed by atoms with E-state index >= 15 is 0 Å². The van der Waals surface area contributed by atoms with E-state index in [1.807, 2.05) is 0 Å². The maximum atomic E-state index is 4.76. The highest BCUT2D eigenvalue weighted by molar-refractivity contribution is 5.80. The topological polar surface area (TPSA) is 15.6 Å². The summed E-state index contributed by atoms with van der Waals surface area (Å²) < 4.78 is 0. The van der Waals surface area contributed by atoms with Gasteiger partial charge in [-0.1, -0.05) is 31.4 Å². The van der Waals surface area contributed by atoms with Crippen molar-refractivity contribution in [2.45, 2.75) is 57.4 Å². The molecule has 0 spiro atoms. The van der Waals surface area contributed by atoms with E-state index in [1.165, 1.54) is 75.7 Å². The van der Waals surface area contributed by atoms with Gasteiger partial charge >= 0.3 is 0 Å². The fourth-order valence-electron chi connectivity index (χ4n) is 3.34. The minimum Gasteiger partial charge on any atom is -0.372 e. The maximum absolute atomic E-state index is 4.76. The molecule has 0 radical (unpaired) electrons. The fraction of sp³-hybridized carbons (Fsp3) is 0.611. The lowest BCUT2D eigenvalue weighted by atomic mass is 9.96. The van der Waals surface area contributed by atoms with Crippen LogP contribution in [0.25, 0.3) is 0 Å². The monoisotopic (exact) mass is 270 g/mol. The van der Waals surface area contributed by atoms with E-state index in [-0.39, 0.29) is 0 Å². The number of hydrogen-bond acceptors (Lipinski definition) is 2. The van der Waals surface area contributed by atoms with Gasteiger partial charge in [-0.3, -0.25) is 4.99 Å². The van der Waals surface area contributed by atoms with Crippen molar-refractivity contribution in [3.8, 4) is 0 Å². The van der Waals surface area contributed by atoms with E-state index in [1.54, 1.807) is 0 Å². The molecule has 3 rings (SSSR count). The summed E-state index contributed by atoms with van der Waals surface area (Å²) in [5.41, 5.74) is 2.62. The first-order valence-corrected chi connectivity index (χ1v) is 8.30. The third-order valence-corrected chi connectivity index (χ3v) is 4.62. The zero-order valence-electron chi connectivity index (χ0n) is 12.4. The zero-order valence-corrected chi connectivity index (χ0v) is 12.4. The predicted molar refractivity (Wildman–Crippen MR) is 87.0 cm³/mol. The average molecular weight is 270 g/mol. The minimum atomic E-state index is 0.575. The molecule has 0 atom stereocenters. The molecule has 2 fully saturated rings. The Bertz CT molecular complexity index is 423. The predicted octanol–water partition coefficient (Wildman–Crippen LogP) is 4.43. The normalized spacial score (nSPS) is 21.5. The van der Waals surface area contributed by atoms with Crippen LogP contribution in [-0.2, 0) is 0 Å². The second kappa shape index (κ2) is 6.92. The van der Waals surface area contributed by atoms with Crippen LogP contribution in [0.3, 0.4) is 0 Å². The van der Waals surface area contributed by atoms with Crippen molar-refractivity contribution in [2.75, 3.05) is 18.0 Å². The summed E-state index contributed by atoms with van der Waals surface area (Å²) in [6, 6.07) is 9.53. The number of nitrogens with zero attached hydrogens (tertiary/aromatic N) is 2. The number of hydrogen-bond donors (Lipinski definition) is 0. The molecule has 0 bridgehead atoms. The SMILES string of the molecule is C(=NC1CCCCC1)c1ccc(N2CCCCC2)cc1. The lowest BCUT2D eigenvalue weighted by Gasteiger charge is -2.28. The van der Waals surface area contributed by atoms with Crippen LogP contribution in [0.2, 0.25) is 0 Å². The first-order chi connectivity index (χ1) is 9.92. The van der Waals surface area contributed by atoms with Crippen LogP contribution in [0.1, 0.15) is 56.9 Å². The maximum Gasteiger partial charge on any atom is 0.0499 e. The molecule has 1 aromatic carbocycles. The minimum absolute atomic E-state index is 0.575. The van der Waals surface area contributed by atoms with Crippen LogP contribution >= 0.6 is 0 Å². The number of piperidine rings is 1. The summed E-state index contributed by atoms with van der Waals surface area (Å²) in [6.45, 7) is 2.44. The van der Waals surface area contributed by atoms with Gasteiger partial charge in [0, 0.05) is 31.0 Å². The Kier molecular flexibility index (Phi) is 4.73. The molecule has 0 N–H and O–H groups in total. The third-order valence-electron chi connectivity index (χ3n) is 4.62. The lowest BCUT2D eigenvalue weighted by Crippen LogP contribution is -2.29. The molecule has 0 aromatic heterocycles. The van der Waals surface area contributed by atoms with Gasteiger partial charge in [0.2, 0.25) is 0 Å². The Morgan fingerprint density at radius 1 is 0.850 bits per heavy atom. The van der Waals surface area contributed by atoms with Crippen molar-refractivity contribution in [1.82, 2.24) is 0 Å². The number of benzene rings is 1. The molecule has 1 aromatic rings. The van der Waals surface area contributed by atoms with Crippen LogP contribution in [0, 0.1) is 0 Å². The second-order valence-corrected chi connectivity index (χ2v) is 6.21. The van der Waals surface area contributed by atoms with Gasteiger partial charge in [0.25, 0.3) is 0 Å². The molecule has 20 heavy (non-hydrogen) atoms. The summed E-state index contributed by atoms with van der Waals surface area (Å²) in [5.74, 6) is 0. The smallest absolute Gasteiger partial charge is 0.0499 e.